The topological polar surface area (TPSA) is 38.8 Å². The smallest absolute Gasteiger partial charge is 0.410 e. The molecule has 1 heterocycles. The number of hydrogen-bond acceptors (Lipinski definition) is 3. The van der Waals surface area contributed by atoms with Crippen molar-refractivity contribution in [3.63, 3.8) is 0 Å². The van der Waals surface area contributed by atoms with Crippen LogP contribution in [0.3, 0.4) is 0 Å². The van der Waals surface area contributed by atoms with Gasteiger partial charge in [0.1, 0.15) is 5.60 Å². The van der Waals surface area contributed by atoms with Gasteiger partial charge in [-0.05, 0) is 58.8 Å². The lowest BCUT2D eigenvalue weighted by atomic mass is 9.77. The van der Waals surface area contributed by atoms with Gasteiger partial charge in [-0.2, -0.15) is 0 Å². The second kappa shape index (κ2) is 5.55. The predicted octanol–water partition coefficient (Wildman–Crippen LogP) is 3.59. The highest BCUT2D eigenvalue weighted by atomic mass is 16.6. The fourth-order valence-electron chi connectivity index (χ4n) is 3.19. The van der Waals surface area contributed by atoms with Gasteiger partial charge in [0.2, 0.25) is 0 Å². The van der Waals surface area contributed by atoms with Crippen molar-refractivity contribution < 1.29 is 14.3 Å². The summed E-state index contributed by atoms with van der Waals surface area (Å²) in [7, 11) is 1.83. The van der Waals surface area contributed by atoms with Crippen LogP contribution in [0.25, 0.3) is 0 Å². The molecule has 1 aliphatic carbocycles. The number of hydrogen-bond donors (Lipinski definition) is 0. The number of carbonyl (C=O) groups excluding carboxylic acids is 1. The summed E-state index contributed by atoms with van der Waals surface area (Å²) in [5, 5.41) is 0. The average Bonchev–Trinajstić information content (AvgIpc) is 2.75. The lowest BCUT2D eigenvalue weighted by molar-refractivity contribution is -0.0340. The highest BCUT2D eigenvalue weighted by Gasteiger charge is 2.44. The standard InChI is InChI=1S/C16H29NO3/c1-12-6-8-16(9-7-12)10-13(11-19-16)17(5)14(18)20-15(2,3)4/h12-13H,6-11H2,1-5H3/t12?,13-,16?/m1/s1. The van der Waals surface area contributed by atoms with E-state index in [1.807, 2.05) is 27.8 Å². The van der Waals surface area contributed by atoms with Crippen LogP contribution >= 0.6 is 0 Å². The van der Waals surface area contributed by atoms with Gasteiger partial charge in [0.05, 0.1) is 18.2 Å². The van der Waals surface area contributed by atoms with E-state index >= 15 is 0 Å². The fraction of sp³-hybridized carbons (Fsp3) is 0.938. The molecule has 1 saturated carbocycles. The highest BCUT2D eigenvalue weighted by Crippen LogP contribution is 2.42. The molecule has 2 rings (SSSR count). The van der Waals surface area contributed by atoms with Crippen molar-refractivity contribution in [3.8, 4) is 0 Å². The summed E-state index contributed by atoms with van der Waals surface area (Å²) in [6, 6.07) is 0.151. The first kappa shape index (κ1) is 15.6. The van der Waals surface area contributed by atoms with E-state index in [1.54, 1.807) is 4.90 Å². The fourth-order valence-corrected chi connectivity index (χ4v) is 3.19. The quantitative estimate of drug-likeness (QED) is 0.738. The molecule has 116 valence electrons. The molecule has 4 heteroatoms. The van der Waals surface area contributed by atoms with E-state index in [-0.39, 0.29) is 17.7 Å². The van der Waals surface area contributed by atoms with Crippen LogP contribution in [0.2, 0.25) is 0 Å². The lowest BCUT2D eigenvalue weighted by Gasteiger charge is -2.35. The molecule has 4 nitrogen and oxygen atoms in total. The molecule has 1 spiro atoms. The van der Waals surface area contributed by atoms with E-state index in [2.05, 4.69) is 6.92 Å². The van der Waals surface area contributed by atoms with Crippen LogP contribution in [-0.2, 0) is 9.47 Å². The summed E-state index contributed by atoms with van der Waals surface area (Å²) in [5.41, 5.74) is -0.420. The molecule has 1 amide bonds. The highest BCUT2D eigenvalue weighted by molar-refractivity contribution is 5.68. The Labute approximate surface area is 122 Å². The summed E-state index contributed by atoms with van der Waals surface area (Å²) >= 11 is 0. The van der Waals surface area contributed by atoms with Gasteiger partial charge in [-0.1, -0.05) is 6.92 Å². The molecule has 0 N–H and O–H groups in total. The first-order valence-electron chi connectivity index (χ1n) is 7.81. The van der Waals surface area contributed by atoms with Crippen molar-refractivity contribution in [3.05, 3.63) is 0 Å². The second-order valence-corrected chi connectivity index (χ2v) is 7.63. The Balaban J connectivity index is 1.90. The van der Waals surface area contributed by atoms with E-state index in [9.17, 15) is 4.79 Å². The van der Waals surface area contributed by atoms with Crippen molar-refractivity contribution in [1.82, 2.24) is 4.90 Å². The van der Waals surface area contributed by atoms with Crippen LogP contribution in [0.1, 0.15) is 59.8 Å². The summed E-state index contributed by atoms with van der Waals surface area (Å²) in [5.74, 6) is 0.812. The van der Waals surface area contributed by atoms with Crippen molar-refractivity contribution in [2.24, 2.45) is 5.92 Å². The molecule has 0 radical (unpaired) electrons. The van der Waals surface area contributed by atoms with Crippen LogP contribution in [0, 0.1) is 5.92 Å². The monoisotopic (exact) mass is 283 g/mol. The van der Waals surface area contributed by atoms with E-state index in [0.29, 0.717) is 6.61 Å². The van der Waals surface area contributed by atoms with Crippen LogP contribution < -0.4 is 0 Å². The van der Waals surface area contributed by atoms with Crippen LogP contribution in [0.4, 0.5) is 4.79 Å². The van der Waals surface area contributed by atoms with Gasteiger partial charge in [-0.3, -0.25) is 0 Å². The Kier molecular flexibility index (Phi) is 4.33. The Morgan fingerprint density at radius 3 is 2.45 bits per heavy atom. The minimum absolute atomic E-state index is 0.0213. The zero-order valence-electron chi connectivity index (χ0n) is 13.6. The summed E-state index contributed by atoms with van der Waals surface area (Å²) in [6.45, 7) is 8.64. The normalized spacial score (nSPS) is 34.2. The largest absolute Gasteiger partial charge is 0.444 e. The number of ether oxygens (including phenoxy) is 2. The molecule has 1 aliphatic heterocycles. The zero-order chi connectivity index (χ0) is 15.0. The van der Waals surface area contributed by atoms with E-state index in [4.69, 9.17) is 9.47 Å². The van der Waals surface area contributed by atoms with Crippen LogP contribution in [-0.4, -0.2) is 41.9 Å². The minimum Gasteiger partial charge on any atom is -0.444 e. The third kappa shape index (κ3) is 3.66. The molecule has 1 saturated heterocycles. The van der Waals surface area contributed by atoms with Crippen molar-refractivity contribution in [2.45, 2.75) is 77.0 Å². The average molecular weight is 283 g/mol. The third-order valence-corrected chi connectivity index (χ3v) is 4.60. The SMILES string of the molecule is CC1CCC2(CC1)C[C@@H](N(C)C(=O)OC(C)(C)C)CO2. The Hall–Kier alpha value is -0.770. The van der Waals surface area contributed by atoms with Crippen molar-refractivity contribution >= 4 is 6.09 Å². The van der Waals surface area contributed by atoms with Crippen molar-refractivity contribution in [1.29, 1.82) is 0 Å². The van der Waals surface area contributed by atoms with Crippen LogP contribution in [0.15, 0.2) is 0 Å². The molecule has 1 atom stereocenters. The molecule has 20 heavy (non-hydrogen) atoms. The lowest BCUT2D eigenvalue weighted by Crippen LogP contribution is -2.42. The molecular formula is C16H29NO3. The Morgan fingerprint density at radius 2 is 1.90 bits per heavy atom. The maximum Gasteiger partial charge on any atom is 0.410 e. The maximum atomic E-state index is 12.1. The van der Waals surface area contributed by atoms with Gasteiger partial charge in [-0.25, -0.2) is 4.79 Å². The number of likely N-dealkylation sites (N-methyl/N-ethyl adjacent to an activating group) is 1. The van der Waals surface area contributed by atoms with E-state index in [0.717, 1.165) is 25.2 Å². The van der Waals surface area contributed by atoms with Gasteiger partial charge < -0.3 is 14.4 Å². The number of nitrogens with zero attached hydrogens (tertiary/aromatic N) is 1. The molecule has 0 aromatic carbocycles. The van der Waals surface area contributed by atoms with E-state index in [1.165, 1.54) is 12.8 Å². The van der Waals surface area contributed by atoms with Gasteiger partial charge in [0.25, 0.3) is 0 Å². The van der Waals surface area contributed by atoms with Gasteiger partial charge in [0.15, 0.2) is 0 Å². The Bertz CT molecular complexity index is 353. The summed E-state index contributed by atoms with van der Waals surface area (Å²) in [6.07, 6.45) is 5.45. The zero-order valence-corrected chi connectivity index (χ0v) is 13.6. The molecule has 0 bridgehead atoms. The van der Waals surface area contributed by atoms with Crippen molar-refractivity contribution in [2.75, 3.05) is 13.7 Å². The van der Waals surface area contributed by atoms with Gasteiger partial charge >= 0.3 is 6.09 Å². The first-order valence-corrected chi connectivity index (χ1v) is 7.81. The Morgan fingerprint density at radius 1 is 1.30 bits per heavy atom. The molecule has 2 fully saturated rings. The summed E-state index contributed by atoms with van der Waals surface area (Å²) < 4.78 is 11.5. The number of carbonyl (C=O) groups is 1. The third-order valence-electron chi connectivity index (χ3n) is 4.60. The van der Waals surface area contributed by atoms with Gasteiger partial charge in [0, 0.05) is 7.05 Å². The molecule has 0 aromatic heterocycles. The molecule has 2 aliphatic rings. The number of rotatable bonds is 1. The summed E-state index contributed by atoms with van der Waals surface area (Å²) in [4.78, 5) is 13.8. The predicted molar refractivity (Wildman–Crippen MR) is 78.7 cm³/mol. The maximum absolute atomic E-state index is 12.1. The second-order valence-electron chi connectivity index (χ2n) is 7.63. The van der Waals surface area contributed by atoms with Crippen LogP contribution in [0.5, 0.6) is 0 Å². The molecular weight excluding hydrogens is 254 g/mol. The molecule has 0 unspecified atom stereocenters. The minimum atomic E-state index is -0.442. The molecule has 0 aromatic rings. The number of amides is 1. The van der Waals surface area contributed by atoms with Gasteiger partial charge in [-0.15, -0.1) is 0 Å². The van der Waals surface area contributed by atoms with E-state index < -0.39 is 5.60 Å². The first-order chi connectivity index (χ1) is 9.21.